The number of aryl methyl sites for hydroxylation is 1. The predicted octanol–water partition coefficient (Wildman–Crippen LogP) is 2.20. The van der Waals surface area contributed by atoms with E-state index in [1.165, 1.54) is 25.1 Å². The van der Waals surface area contributed by atoms with Crippen molar-refractivity contribution in [3.8, 4) is 0 Å². The van der Waals surface area contributed by atoms with Crippen LogP contribution in [-0.4, -0.2) is 36.1 Å². The van der Waals surface area contributed by atoms with Crippen LogP contribution in [0.2, 0.25) is 0 Å². The average molecular weight is 239 g/mol. The maximum absolute atomic E-state index is 4.54. The molecule has 1 fully saturated rings. The molecule has 1 N–H and O–H groups in total. The molecular formula is C12H21N3S. The van der Waals surface area contributed by atoms with Crippen LogP contribution in [0.3, 0.4) is 0 Å². The molecule has 90 valence electrons. The summed E-state index contributed by atoms with van der Waals surface area (Å²) in [6, 6.07) is 0.997. The van der Waals surface area contributed by atoms with E-state index >= 15 is 0 Å². The van der Waals surface area contributed by atoms with Crippen molar-refractivity contribution in [1.82, 2.24) is 15.2 Å². The average Bonchev–Trinajstić information content (AvgIpc) is 2.65. The van der Waals surface area contributed by atoms with Crippen molar-refractivity contribution < 1.29 is 0 Å². The second-order valence-electron chi connectivity index (χ2n) is 4.78. The van der Waals surface area contributed by atoms with E-state index in [0.717, 1.165) is 11.6 Å². The highest BCUT2D eigenvalue weighted by Gasteiger charge is 2.19. The summed E-state index contributed by atoms with van der Waals surface area (Å²) in [7, 11) is 2.20. The lowest BCUT2D eigenvalue weighted by molar-refractivity contribution is 0.218. The fourth-order valence-electron chi connectivity index (χ4n) is 2.32. The van der Waals surface area contributed by atoms with Gasteiger partial charge in [0.2, 0.25) is 0 Å². The lowest BCUT2D eigenvalue weighted by Crippen LogP contribution is -2.44. The molecule has 0 radical (unpaired) electrons. The van der Waals surface area contributed by atoms with Crippen molar-refractivity contribution >= 4 is 11.3 Å². The minimum absolute atomic E-state index is 0.376. The third-order valence-corrected chi connectivity index (χ3v) is 3.98. The van der Waals surface area contributed by atoms with Crippen molar-refractivity contribution in [3.05, 3.63) is 16.1 Å². The number of aromatic nitrogens is 1. The molecule has 0 spiro atoms. The topological polar surface area (TPSA) is 28.2 Å². The van der Waals surface area contributed by atoms with E-state index in [2.05, 4.69) is 41.5 Å². The first-order valence-corrected chi connectivity index (χ1v) is 6.89. The summed E-state index contributed by atoms with van der Waals surface area (Å²) in [4.78, 5) is 6.94. The molecule has 2 unspecified atom stereocenters. The minimum Gasteiger partial charge on any atom is -0.305 e. The summed E-state index contributed by atoms with van der Waals surface area (Å²) in [5.74, 6) is 0. The van der Waals surface area contributed by atoms with Gasteiger partial charge in [-0.05, 0) is 40.3 Å². The van der Waals surface area contributed by atoms with Crippen LogP contribution in [0, 0.1) is 6.92 Å². The maximum atomic E-state index is 4.54. The molecule has 2 heterocycles. The molecule has 1 saturated heterocycles. The highest BCUT2D eigenvalue weighted by Crippen LogP contribution is 2.18. The van der Waals surface area contributed by atoms with Crippen LogP contribution in [-0.2, 0) is 0 Å². The molecule has 0 saturated carbocycles. The van der Waals surface area contributed by atoms with Gasteiger partial charge in [0.15, 0.2) is 0 Å². The van der Waals surface area contributed by atoms with Gasteiger partial charge in [-0.3, -0.25) is 0 Å². The Bertz CT molecular complexity index is 337. The molecule has 2 rings (SSSR count). The summed E-state index contributed by atoms with van der Waals surface area (Å²) in [6.45, 7) is 6.67. The maximum Gasteiger partial charge on any atom is 0.0898 e. The third-order valence-electron chi connectivity index (χ3n) is 3.19. The van der Waals surface area contributed by atoms with Gasteiger partial charge in [0.1, 0.15) is 0 Å². The van der Waals surface area contributed by atoms with Crippen LogP contribution in [0.1, 0.15) is 36.5 Å². The second kappa shape index (κ2) is 5.25. The Balaban J connectivity index is 1.89. The molecular weight excluding hydrogens is 218 g/mol. The molecule has 2 atom stereocenters. The van der Waals surface area contributed by atoms with Crippen molar-refractivity contribution in [1.29, 1.82) is 0 Å². The van der Waals surface area contributed by atoms with Gasteiger partial charge >= 0.3 is 0 Å². The lowest BCUT2D eigenvalue weighted by Gasteiger charge is -2.32. The van der Waals surface area contributed by atoms with E-state index < -0.39 is 0 Å². The number of likely N-dealkylation sites (tertiary alicyclic amines) is 1. The molecule has 3 nitrogen and oxygen atoms in total. The molecule has 1 aliphatic heterocycles. The van der Waals surface area contributed by atoms with Gasteiger partial charge in [0.05, 0.1) is 10.7 Å². The zero-order valence-corrected chi connectivity index (χ0v) is 11.2. The van der Waals surface area contributed by atoms with Crippen LogP contribution in [0.25, 0.3) is 0 Å². The molecule has 0 bridgehead atoms. The molecule has 1 aliphatic rings. The van der Waals surface area contributed by atoms with Crippen LogP contribution in [0.4, 0.5) is 0 Å². The Hall–Kier alpha value is -0.450. The largest absolute Gasteiger partial charge is 0.305 e. The molecule has 16 heavy (non-hydrogen) atoms. The van der Waals surface area contributed by atoms with E-state index in [0.29, 0.717) is 12.1 Å². The fraction of sp³-hybridized carbons (Fsp3) is 0.750. The van der Waals surface area contributed by atoms with Crippen LogP contribution >= 0.6 is 11.3 Å². The van der Waals surface area contributed by atoms with Gasteiger partial charge in [0, 0.05) is 24.0 Å². The molecule has 1 aromatic heterocycles. The van der Waals surface area contributed by atoms with E-state index in [9.17, 15) is 0 Å². The van der Waals surface area contributed by atoms with Gasteiger partial charge in [-0.2, -0.15) is 0 Å². The summed E-state index contributed by atoms with van der Waals surface area (Å²) in [6.07, 6.45) is 2.59. The van der Waals surface area contributed by atoms with E-state index in [4.69, 9.17) is 0 Å². The molecule has 0 aliphatic carbocycles. The van der Waals surface area contributed by atoms with Gasteiger partial charge in [-0.25, -0.2) is 4.98 Å². The van der Waals surface area contributed by atoms with Gasteiger partial charge in [-0.15, -0.1) is 11.3 Å². The lowest BCUT2D eigenvalue weighted by atomic mass is 10.1. The predicted molar refractivity (Wildman–Crippen MR) is 68.9 cm³/mol. The number of nitrogens with zero attached hydrogens (tertiary/aromatic N) is 2. The van der Waals surface area contributed by atoms with Crippen molar-refractivity contribution in [3.63, 3.8) is 0 Å². The second-order valence-corrected chi connectivity index (χ2v) is 5.84. The fourth-order valence-corrected chi connectivity index (χ4v) is 3.03. The molecule has 4 heteroatoms. The Morgan fingerprint density at radius 2 is 2.44 bits per heavy atom. The molecule has 1 aromatic rings. The summed E-state index contributed by atoms with van der Waals surface area (Å²) >= 11 is 1.73. The van der Waals surface area contributed by atoms with Crippen LogP contribution in [0.5, 0.6) is 0 Å². The quantitative estimate of drug-likeness (QED) is 0.876. The van der Waals surface area contributed by atoms with E-state index in [1.54, 1.807) is 11.3 Å². The number of likely N-dealkylation sites (N-methyl/N-ethyl adjacent to an activating group) is 1. The Morgan fingerprint density at radius 3 is 3.06 bits per heavy atom. The zero-order chi connectivity index (χ0) is 11.5. The number of rotatable bonds is 3. The smallest absolute Gasteiger partial charge is 0.0898 e. The van der Waals surface area contributed by atoms with Crippen LogP contribution in [0.15, 0.2) is 5.38 Å². The Kier molecular flexibility index (Phi) is 3.95. The first kappa shape index (κ1) is 12.0. The number of piperidine rings is 1. The van der Waals surface area contributed by atoms with Crippen LogP contribution < -0.4 is 5.32 Å². The summed E-state index contributed by atoms with van der Waals surface area (Å²) < 4.78 is 0. The number of hydrogen-bond acceptors (Lipinski definition) is 4. The van der Waals surface area contributed by atoms with Crippen molar-refractivity contribution in [2.24, 2.45) is 0 Å². The Labute approximate surface area is 102 Å². The van der Waals surface area contributed by atoms with Gasteiger partial charge in [-0.1, -0.05) is 0 Å². The van der Waals surface area contributed by atoms with Gasteiger partial charge in [0.25, 0.3) is 0 Å². The Morgan fingerprint density at radius 1 is 1.62 bits per heavy atom. The highest BCUT2D eigenvalue weighted by molar-refractivity contribution is 7.09. The number of hydrogen-bond donors (Lipinski definition) is 1. The van der Waals surface area contributed by atoms with E-state index in [1.807, 2.05) is 0 Å². The van der Waals surface area contributed by atoms with Crippen molar-refractivity contribution in [2.75, 3.05) is 20.1 Å². The monoisotopic (exact) mass is 239 g/mol. The zero-order valence-electron chi connectivity index (χ0n) is 10.4. The normalized spacial score (nSPS) is 24.6. The summed E-state index contributed by atoms with van der Waals surface area (Å²) in [5.41, 5.74) is 1.19. The SMILES string of the molecule is Cc1nc(C(C)NC2CCCN(C)C2)cs1. The molecule has 0 amide bonds. The highest BCUT2D eigenvalue weighted by atomic mass is 32.1. The number of nitrogens with one attached hydrogen (secondary N) is 1. The summed E-state index contributed by atoms with van der Waals surface area (Å²) in [5, 5.41) is 7.00. The first-order valence-electron chi connectivity index (χ1n) is 6.02. The van der Waals surface area contributed by atoms with Crippen molar-refractivity contribution in [2.45, 2.75) is 38.8 Å². The number of thiazole rings is 1. The minimum atomic E-state index is 0.376. The first-order chi connectivity index (χ1) is 7.65. The van der Waals surface area contributed by atoms with Gasteiger partial charge < -0.3 is 10.2 Å². The standard InChI is InChI=1S/C12H21N3S/c1-9(12-8-16-10(2)14-12)13-11-5-4-6-15(3)7-11/h8-9,11,13H,4-7H2,1-3H3. The molecule has 0 aromatic carbocycles. The third kappa shape index (κ3) is 3.03. The van der Waals surface area contributed by atoms with E-state index in [-0.39, 0.29) is 0 Å².